The summed E-state index contributed by atoms with van der Waals surface area (Å²) in [6.45, 7) is 2.76. The number of pyridine rings is 1. The number of hydrogen-bond donors (Lipinski definition) is 1. The van der Waals surface area contributed by atoms with Gasteiger partial charge in [0.2, 0.25) is 5.88 Å². The van der Waals surface area contributed by atoms with Crippen LogP contribution in [-0.2, 0) is 24.3 Å². The number of nitrogens with zero attached hydrogens (tertiary/aromatic N) is 4. The van der Waals surface area contributed by atoms with Gasteiger partial charge in [-0.15, -0.1) is 0 Å². The highest BCUT2D eigenvalue weighted by Crippen LogP contribution is 2.32. The summed E-state index contributed by atoms with van der Waals surface area (Å²) >= 11 is 0. The third-order valence-corrected chi connectivity index (χ3v) is 7.91. The van der Waals surface area contributed by atoms with E-state index in [1.54, 1.807) is 12.1 Å². The highest BCUT2D eigenvalue weighted by atomic mass is 19.1. The Kier molecular flexibility index (Phi) is 7.99. The summed E-state index contributed by atoms with van der Waals surface area (Å²) in [5.41, 5.74) is 1.17. The topological polar surface area (TPSA) is 110 Å². The fourth-order valence-electron chi connectivity index (χ4n) is 5.53. The molecule has 0 unspecified atom stereocenters. The standard InChI is InChI=1S/C34H27F3N4O4/c1-34(10-3-11-45-34)19-41-30-14-21(33(42)43)8-9-29(30)39-31(41)15-23-13-27(37)24(16-26(23)36)28-4-2-5-32(40-28)44-18-22-7-6-20(17-38)12-25(22)35/h2,4-9,12-14,16H,3,10-11,15,18-19H2,1H3,(H,42,43)/t34-/m0/s1. The number of hydrogen-bond acceptors (Lipinski definition) is 6. The molecule has 3 aromatic carbocycles. The fourth-order valence-corrected chi connectivity index (χ4v) is 5.53. The molecule has 1 saturated heterocycles. The van der Waals surface area contributed by atoms with E-state index in [4.69, 9.17) is 14.7 Å². The zero-order chi connectivity index (χ0) is 31.7. The first kappa shape index (κ1) is 29.8. The first-order chi connectivity index (χ1) is 21.6. The molecule has 45 heavy (non-hydrogen) atoms. The largest absolute Gasteiger partial charge is 0.478 e. The minimum atomic E-state index is -1.08. The second-order valence-corrected chi connectivity index (χ2v) is 11.2. The molecular formula is C34H27F3N4O4. The third-order valence-electron chi connectivity index (χ3n) is 7.91. The number of carbonyl (C=O) groups is 1. The minimum absolute atomic E-state index is 0.0526. The molecule has 6 rings (SSSR count). The first-order valence-corrected chi connectivity index (χ1v) is 14.3. The number of benzene rings is 3. The second-order valence-electron chi connectivity index (χ2n) is 11.2. The number of fused-ring (bicyclic) bond motifs is 1. The highest BCUT2D eigenvalue weighted by molar-refractivity contribution is 5.92. The van der Waals surface area contributed by atoms with Gasteiger partial charge in [0, 0.05) is 30.2 Å². The van der Waals surface area contributed by atoms with Gasteiger partial charge in [0.15, 0.2) is 0 Å². The minimum Gasteiger partial charge on any atom is -0.478 e. The van der Waals surface area contributed by atoms with Gasteiger partial charge in [-0.2, -0.15) is 5.26 Å². The summed E-state index contributed by atoms with van der Waals surface area (Å²) in [6, 6.07) is 17.2. The van der Waals surface area contributed by atoms with E-state index >= 15 is 8.78 Å². The number of rotatable bonds is 9. The van der Waals surface area contributed by atoms with Crippen LogP contribution in [-0.4, -0.2) is 37.8 Å². The molecule has 1 N–H and O–H groups in total. The number of nitriles is 1. The predicted molar refractivity (Wildman–Crippen MR) is 158 cm³/mol. The molecule has 0 radical (unpaired) electrons. The van der Waals surface area contributed by atoms with Crippen LogP contribution in [0, 0.1) is 28.8 Å². The second kappa shape index (κ2) is 12.1. The monoisotopic (exact) mass is 612 g/mol. The van der Waals surface area contributed by atoms with E-state index < -0.39 is 29.0 Å². The zero-order valence-corrected chi connectivity index (χ0v) is 24.2. The van der Waals surface area contributed by atoms with E-state index in [2.05, 4.69) is 9.97 Å². The summed E-state index contributed by atoms with van der Waals surface area (Å²) in [5, 5.41) is 18.5. The van der Waals surface area contributed by atoms with Crippen molar-refractivity contribution < 1.29 is 32.5 Å². The van der Waals surface area contributed by atoms with E-state index in [1.165, 1.54) is 36.4 Å². The lowest BCUT2D eigenvalue weighted by Gasteiger charge is -2.25. The molecule has 1 aliphatic rings. The molecule has 0 aliphatic carbocycles. The van der Waals surface area contributed by atoms with Gasteiger partial charge in [0.25, 0.3) is 0 Å². The number of imidazole rings is 1. The SMILES string of the molecule is C[C@@]1(Cn2c(Cc3cc(F)c(-c4cccc(OCc5ccc(C#N)cc5F)n4)cc3F)nc3ccc(C(=O)O)cc32)CCCO1. The first-order valence-electron chi connectivity index (χ1n) is 14.3. The van der Waals surface area contributed by atoms with Gasteiger partial charge in [-0.05, 0) is 73.9 Å². The third kappa shape index (κ3) is 6.23. The maximum atomic E-state index is 15.6. The van der Waals surface area contributed by atoms with Crippen molar-refractivity contribution in [1.82, 2.24) is 14.5 Å². The van der Waals surface area contributed by atoms with Gasteiger partial charge in [0.05, 0.1) is 46.1 Å². The van der Waals surface area contributed by atoms with Crippen molar-refractivity contribution in [3.63, 3.8) is 0 Å². The lowest BCUT2D eigenvalue weighted by molar-refractivity contribution is 0.00655. The Morgan fingerprint density at radius 1 is 1.04 bits per heavy atom. The summed E-state index contributed by atoms with van der Waals surface area (Å²) in [6.07, 6.45) is 1.62. The summed E-state index contributed by atoms with van der Waals surface area (Å²) < 4.78 is 58.8. The van der Waals surface area contributed by atoms with Crippen LogP contribution in [0.1, 0.15) is 52.6 Å². The quantitative estimate of drug-likeness (QED) is 0.194. The number of carboxylic acids is 1. The predicted octanol–water partition coefficient (Wildman–Crippen LogP) is 6.82. The van der Waals surface area contributed by atoms with Crippen molar-refractivity contribution in [3.05, 3.63) is 112 Å². The van der Waals surface area contributed by atoms with Crippen molar-refractivity contribution in [1.29, 1.82) is 5.26 Å². The molecule has 1 atom stereocenters. The maximum Gasteiger partial charge on any atom is 0.335 e. The molecule has 11 heteroatoms. The van der Waals surface area contributed by atoms with Crippen LogP contribution < -0.4 is 4.74 Å². The molecule has 0 bridgehead atoms. The number of aromatic carboxylic acids is 1. The average Bonchev–Trinajstić information content (AvgIpc) is 3.60. The molecule has 3 heterocycles. The lowest BCUT2D eigenvalue weighted by atomic mass is 10.0. The number of halogens is 3. The van der Waals surface area contributed by atoms with Crippen LogP contribution in [0.2, 0.25) is 0 Å². The van der Waals surface area contributed by atoms with Crippen molar-refractivity contribution in [3.8, 4) is 23.2 Å². The number of ether oxygens (including phenoxy) is 2. The molecule has 228 valence electrons. The fraction of sp³-hybridized carbons (Fsp3) is 0.235. The smallest absolute Gasteiger partial charge is 0.335 e. The Morgan fingerprint density at radius 3 is 2.60 bits per heavy atom. The van der Waals surface area contributed by atoms with Crippen LogP contribution in [0.4, 0.5) is 13.2 Å². The molecule has 1 fully saturated rings. The van der Waals surface area contributed by atoms with Gasteiger partial charge >= 0.3 is 5.97 Å². The molecule has 8 nitrogen and oxygen atoms in total. The van der Waals surface area contributed by atoms with Gasteiger partial charge < -0.3 is 19.1 Å². The van der Waals surface area contributed by atoms with Crippen LogP contribution in [0.5, 0.6) is 5.88 Å². The summed E-state index contributed by atoms with van der Waals surface area (Å²) in [5.74, 6) is -2.54. The van der Waals surface area contributed by atoms with Crippen LogP contribution in [0.25, 0.3) is 22.3 Å². The van der Waals surface area contributed by atoms with Gasteiger partial charge in [-0.25, -0.2) is 27.9 Å². The lowest BCUT2D eigenvalue weighted by Crippen LogP contribution is -2.30. The molecule has 1 aliphatic heterocycles. The van der Waals surface area contributed by atoms with Crippen molar-refractivity contribution >= 4 is 17.0 Å². The maximum absolute atomic E-state index is 15.6. The molecule has 0 saturated carbocycles. The molecule has 5 aromatic rings. The summed E-state index contributed by atoms with van der Waals surface area (Å²) in [4.78, 5) is 20.6. The van der Waals surface area contributed by atoms with E-state index in [-0.39, 0.29) is 52.4 Å². The van der Waals surface area contributed by atoms with E-state index in [0.29, 0.717) is 30.0 Å². The normalized spacial score (nSPS) is 16.2. The molecule has 0 spiro atoms. The Balaban J connectivity index is 1.28. The summed E-state index contributed by atoms with van der Waals surface area (Å²) in [7, 11) is 0. The molecular weight excluding hydrogens is 585 g/mol. The molecule has 2 aromatic heterocycles. The Labute approximate surface area is 256 Å². The van der Waals surface area contributed by atoms with Crippen LogP contribution in [0.15, 0.2) is 66.7 Å². The number of carboxylic acid groups (broad SMARTS) is 1. The Morgan fingerprint density at radius 2 is 1.87 bits per heavy atom. The van der Waals surface area contributed by atoms with E-state index in [1.807, 2.05) is 17.6 Å². The molecule has 0 amide bonds. The van der Waals surface area contributed by atoms with Crippen molar-refractivity contribution in [2.24, 2.45) is 0 Å². The van der Waals surface area contributed by atoms with Gasteiger partial charge in [-0.1, -0.05) is 12.1 Å². The van der Waals surface area contributed by atoms with Gasteiger partial charge in [-0.3, -0.25) is 0 Å². The Hall–Kier alpha value is -5.21. The highest BCUT2D eigenvalue weighted by Gasteiger charge is 2.32. The van der Waals surface area contributed by atoms with Crippen molar-refractivity contribution in [2.45, 2.75) is 44.9 Å². The van der Waals surface area contributed by atoms with Crippen LogP contribution >= 0.6 is 0 Å². The number of aromatic nitrogens is 3. The van der Waals surface area contributed by atoms with Crippen molar-refractivity contribution in [2.75, 3.05) is 6.61 Å². The zero-order valence-electron chi connectivity index (χ0n) is 24.2. The Bertz CT molecular complexity index is 1980. The van der Waals surface area contributed by atoms with E-state index in [0.717, 1.165) is 31.0 Å². The van der Waals surface area contributed by atoms with E-state index in [9.17, 15) is 14.3 Å². The van der Waals surface area contributed by atoms with Gasteiger partial charge in [0.1, 0.15) is 29.9 Å². The average molecular weight is 613 g/mol. The van der Waals surface area contributed by atoms with Crippen LogP contribution in [0.3, 0.4) is 0 Å².